The van der Waals surface area contributed by atoms with E-state index in [0.29, 0.717) is 17.5 Å². The van der Waals surface area contributed by atoms with Gasteiger partial charge in [0.25, 0.3) is 0 Å². The molecule has 0 bridgehead atoms. The van der Waals surface area contributed by atoms with Gasteiger partial charge in [-0.25, -0.2) is 14.8 Å². The van der Waals surface area contributed by atoms with E-state index < -0.39 is 12.1 Å². The lowest BCUT2D eigenvalue weighted by Crippen LogP contribution is -2.35. The third-order valence-electron chi connectivity index (χ3n) is 4.06. The van der Waals surface area contributed by atoms with E-state index in [4.69, 9.17) is 19.4 Å². The van der Waals surface area contributed by atoms with Gasteiger partial charge in [-0.2, -0.15) is 13.2 Å². The zero-order chi connectivity index (χ0) is 20.7. The topological polar surface area (TPSA) is 106 Å². The number of nitrogens with one attached hydrogen (secondary N) is 2. The maximum Gasteiger partial charge on any atom is 0.490 e. The fraction of sp³-hybridized carbons (Fsp3) is 0.471. The van der Waals surface area contributed by atoms with Crippen LogP contribution in [0.3, 0.4) is 0 Å². The number of aliphatic carboxylic acids is 1. The number of alkyl halides is 3. The van der Waals surface area contributed by atoms with E-state index in [1.54, 1.807) is 20.5 Å². The summed E-state index contributed by atoms with van der Waals surface area (Å²) >= 11 is 0. The number of carboxylic acids is 1. The van der Waals surface area contributed by atoms with Gasteiger partial charge in [0.05, 0.1) is 19.7 Å². The molecule has 2 heterocycles. The Morgan fingerprint density at radius 1 is 1.18 bits per heavy atom. The van der Waals surface area contributed by atoms with Crippen molar-refractivity contribution in [3.63, 3.8) is 0 Å². The summed E-state index contributed by atoms with van der Waals surface area (Å²) in [6.07, 6.45) is -1.31. The first-order valence-electron chi connectivity index (χ1n) is 8.40. The summed E-state index contributed by atoms with van der Waals surface area (Å²) in [5, 5.41) is 15.0. The average molecular weight is 402 g/mol. The molecule has 1 aliphatic heterocycles. The number of benzene rings is 1. The minimum atomic E-state index is -5.08. The number of anilines is 1. The molecule has 1 saturated heterocycles. The Labute approximate surface area is 159 Å². The molecule has 3 N–H and O–H groups in total. The summed E-state index contributed by atoms with van der Waals surface area (Å²) in [5.74, 6) is -0.537. The molecule has 0 unspecified atom stereocenters. The van der Waals surface area contributed by atoms with Gasteiger partial charge in [0.2, 0.25) is 0 Å². The largest absolute Gasteiger partial charge is 0.493 e. The molecule has 0 spiro atoms. The number of methoxy groups -OCH3 is 2. The smallest absolute Gasteiger partial charge is 0.490 e. The molecule has 0 saturated carbocycles. The van der Waals surface area contributed by atoms with Crippen LogP contribution in [0, 0.1) is 0 Å². The van der Waals surface area contributed by atoms with Crippen molar-refractivity contribution in [2.45, 2.75) is 25.1 Å². The SMILES string of the molecule is COc1cc2ncnc(NC3CCNCC3)c2cc1OC.O=C(O)C(F)(F)F. The summed E-state index contributed by atoms with van der Waals surface area (Å²) in [6.45, 7) is 2.08. The molecule has 2 aromatic rings. The van der Waals surface area contributed by atoms with E-state index in [1.807, 2.05) is 12.1 Å². The number of hydrogen-bond donors (Lipinski definition) is 3. The predicted octanol–water partition coefficient (Wildman–Crippen LogP) is 2.44. The fourth-order valence-corrected chi connectivity index (χ4v) is 2.66. The van der Waals surface area contributed by atoms with Gasteiger partial charge in [-0.05, 0) is 32.0 Å². The Bertz CT molecular complexity index is 811. The van der Waals surface area contributed by atoms with Gasteiger partial charge < -0.3 is 25.2 Å². The zero-order valence-corrected chi connectivity index (χ0v) is 15.3. The Morgan fingerprint density at radius 2 is 1.75 bits per heavy atom. The number of aromatic nitrogens is 2. The first kappa shape index (κ1) is 21.5. The number of halogens is 3. The first-order chi connectivity index (χ1) is 13.3. The normalized spacial score (nSPS) is 14.8. The van der Waals surface area contributed by atoms with Crippen molar-refractivity contribution in [3.8, 4) is 11.5 Å². The highest BCUT2D eigenvalue weighted by molar-refractivity contribution is 5.91. The van der Waals surface area contributed by atoms with Crippen molar-refractivity contribution in [3.05, 3.63) is 18.5 Å². The van der Waals surface area contributed by atoms with Crippen molar-refractivity contribution in [1.82, 2.24) is 15.3 Å². The molecule has 0 atom stereocenters. The standard InChI is InChI=1S/C15H20N4O2.C2HF3O2/c1-20-13-7-11-12(8-14(13)21-2)17-9-18-15(11)19-10-3-5-16-6-4-10;3-2(4,5)1(6)7/h7-10,16H,3-6H2,1-2H3,(H,17,18,19);(H,6,7). The molecule has 1 fully saturated rings. The predicted molar refractivity (Wildman–Crippen MR) is 95.8 cm³/mol. The molecule has 28 heavy (non-hydrogen) atoms. The molecule has 1 aromatic carbocycles. The van der Waals surface area contributed by atoms with Gasteiger partial charge >= 0.3 is 12.1 Å². The number of ether oxygens (including phenoxy) is 2. The molecule has 0 radical (unpaired) electrons. The number of rotatable bonds is 4. The second-order valence-corrected chi connectivity index (χ2v) is 5.92. The lowest BCUT2D eigenvalue weighted by Gasteiger charge is -2.24. The van der Waals surface area contributed by atoms with Crippen molar-refractivity contribution in [1.29, 1.82) is 0 Å². The van der Waals surface area contributed by atoms with Crippen LogP contribution in [0.15, 0.2) is 18.5 Å². The van der Waals surface area contributed by atoms with Crippen LogP contribution in [0.2, 0.25) is 0 Å². The third-order valence-corrected chi connectivity index (χ3v) is 4.06. The van der Waals surface area contributed by atoms with Crippen LogP contribution >= 0.6 is 0 Å². The van der Waals surface area contributed by atoms with Crippen LogP contribution in [0.1, 0.15) is 12.8 Å². The van der Waals surface area contributed by atoms with Gasteiger partial charge in [0.15, 0.2) is 11.5 Å². The van der Waals surface area contributed by atoms with Crippen LogP contribution in [-0.2, 0) is 4.79 Å². The maximum absolute atomic E-state index is 10.6. The monoisotopic (exact) mass is 402 g/mol. The highest BCUT2D eigenvalue weighted by Crippen LogP contribution is 2.33. The van der Waals surface area contributed by atoms with E-state index >= 15 is 0 Å². The zero-order valence-electron chi connectivity index (χ0n) is 15.3. The summed E-state index contributed by atoms with van der Waals surface area (Å²) < 4.78 is 42.4. The highest BCUT2D eigenvalue weighted by Gasteiger charge is 2.38. The number of hydrogen-bond acceptors (Lipinski definition) is 7. The number of carboxylic acid groups (broad SMARTS) is 1. The van der Waals surface area contributed by atoms with Crippen LogP contribution in [0.4, 0.5) is 19.0 Å². The van der Waals surface area contributed by atoms with E-state index in [9.17, 15) is 13.2 Å². The fourth-order valence-electron chi connectivity index (χ4n) is 2.66. The first-order valence-corrected chi connectivity index (χ1v) is 8.40. The maximum atomic E-state index is 10.6. The Morgan fingerprint density at radius 3 is 2.29 bits per heavy atom. The van der Waals surface area contributed by atoms with Crippen molar-refractivity contribution < 1.29 is 32.5 Å². The summed E-state index contributed by atoms with van der Waals surface area (Å²) in [4.78, 5) is 17.6. The number of piperidine rings is 1. The molecular formula is C17H21F3N4O4. The average Bonchev–Trinajstić information content (AvgIpc) is 2.67. The number of fused-ring (bicyclic) bond motifs is 1. The van der Waals surface area contributed by atoms with Crippen molar-refractivity contribution >= 4 is 22.7 Å². The van der Waals surface area contributed by atoms with Gasteiger partial charge in [-0.15, -0.1) is 0 Å². The second kappa shape index (κ2) is 9.40. The Hall–Kier alpha value is -2.82. The van der Waals surface area contributed by atoms with E-state index in [2.05, 4.69) is 20.6 Å². The number of nitrogens with zero attached hydrogens (tertiary/aromatic N) is 2. The highest BCUT2D eigenvalue weighted by atomic mass is 19.4. The summed E-state index contributed by atoms with van der Waals surface area (Å²) in [7, 11) is 3.26. The molecule has 0 amide bonds. The van der Waals surface area contributed by atoms with Crippen LogP contribution < -0.4 is 20.1 Å². The number of carbonyl (C=O) groups is 1. The Kier molecular flexibility index (Phi) is 7.21. The minimum Gasteiger partial charge on any atom is -0.493 e. The van der Waals surface area contributed by atoms with Crippen LogP contribution in [-0.4, -0.2) is 60.6 Å². The van der Waals surface area contributed by atoms with Crippen molar-refractivity contribution in [2.24, 2.45) is 0 Å². The molecule has 0 aliphatic carbocycles. The van der Waals surface area contributed by atoms with E-state index in [1.165, 1.54) is 0 Å². The molecule has 11 heteroatoms. The molecule has 154 valence electrons. The lowest BCUT2D eigenvalue weighted by atomic mass is 10.1. The second-order valence-electron chi connectivity index (χ2n) is 5.92. The summed E-state index contributed by atoms with van der Waals surface area (Å²) in [5.41, 5.74) is 0.846. The van der Waals surface area contributed by atoms with Crippen molar-refractivity contribution in [2.75, 3.05) is 32.6 Å². The van der Waals surface area contributed by atoms with E-state index in [-0.39, 0.29) is 0 Å². The third kappa shape index (κ3) is 5.59. The van der Waals surface area contributed by atoms with E-state index in [0.717, 1.165) is 42.7 Å². The molecule has 8 nitrogen and oxygen atoms in total. The molecule has 1 aromatic heterocycles. The molecule has 1 aliphatic rings. The van der Waals surface area contributed by atoms with Gasteiger partial charge in [0.1, 0.15) is 12.1 Å². The molecule has 3 rings (SSSR count). The lowest BCUT2D eigenvalue weighted by molar-refractivity contribution is -0.192. The quantitative estimate of drug-likeness (QED) is 0.716. The minimum absolute atomic E-state index is 0.442. The van der Waals surface area contributed by atoms with Gasteiger partial charge in [-0.1, -0.05) is 0 Å². The molecular weight excluding hydrogens is 381 g/mol. The van der Waals surface area contributed by atoms with Gasteiger partial charge in [0, 0.05) is 17.5 Å². The van der Waals surface area contributed by atoms with Crippen LogP contribution in [0.25, 0.3) is 10.9 Å². The van der Waals surface area contributed by atoms with Crippen LogP contribution in [0.5, 0.6) is 11.5 Å². The summed E-state index contributed by atoms with van der Waals surface area (Å²) in [6, 6.07) is 4.25. The van der Waals surface area contributed by atoms with Gasteiger partial charge in [-0.3, -0.25) is 0 Å². The Balaban J connectivity index is 0.000000345.